The molecule has 0 bridgehead atoms. The van der Waals surface area contributed by atoms with E-state index in [1.54, 1.807) is 12.1 Å². The minimum Gasteiger partial charge on any atom is -0.448 e. The third-order valence-electron chi connectivity index (χ3n) is 2.53. The van der Waals surface area contributed by atoms with Gasteiger partial charge in [-0.2, -0.15) is 0 Å². The summed E-state index contributed by atoms with van der Waals surface area (Å²) in [5, 5.41) is 6.39. The summed E-state index contributed by atoms with van der Waals surface area (Å²) < 4.78 is 5.18. The van der Waals surface area contributed by atoms with Gasteiger partial charge in [0, 0.05) is 6.04 Å². The Labute approximate surface area is 99.3 Å². The van der Waals surface area contributed by atoms with E-state index in [1.165, 1.54) is 0 Å². The molecular formula is C11H15ClN2O2. The van der Waals surface area contributed by atoms with Gasteiger partial charge in [-0.25, -0.2) is 0 Å². The molecule has 0 aliphatic heterocycles. The van der Waals surface area contributed by atoms with Gasteiger partial charge in [0.2, 0.25) is 5.91 Å². The normalized spacial score (nSPS) is 17.1. The standard InChI is InChI=1S/C11H15ClN2O2/c1-7(11(15)14-8-2-3-8)13-6-9-4-5-10(12)16-9/h4-5,7-8,13H,2-3,6H2,1H3,(H,14,15). The van der Waals surface area contributed by atoms with Gasteiger partial charge in [0.1, 0.15) is 5.76 Å². The number of halogens is 1. The van der Waals surface area contributed by atoms with Gasteiger partial charge in [-0.15, -0.1) is 0 Å². The van der Waals surface area contributed by atoms with Crippen LogP contribution >= 0.6 is 11.6 Å². The minimum atomic E-state index is -0.218. The van der Waals surface area contributed by atoms with Crippen LogP contribution in [0.1, 0.15) is 25.5 Å². The molecule has 16 heavy (non-hydrogen) atoms. The lowest BCUT2D eigenvalue weighted by Gasteiger charge is -2.12. The smallest absolute Gasteiger partial charge is 0.237 e. The molecule has 1 saturated carbocycles. The third kappa shape index (κ3) is 3.25. The van der Waals surface area contributed by atoms with Crippen LogP contribution in [0, 0.1) is 0 Å². The second kappa shape index (κ2) is 4.89. The van der Waals surface area contributed by atoms with E-state index in [1.807, 2.05) is 6.92 Å². The van der Waals surface area contributed by atoms with Crippen LogP contribution in [-0.2, 0) is 11.3 Å². The van der Waals surface area contributed by atoms with E-state index < -0.39 is 0 Å². The molecule has 88 valence electrons. The molecule has 2 rings (SSSR count). The van der Waals surface area contributed by atoms with Crippen LogP contribution in [0.4, 0.5) is 0 Å². The highest BCUT2D eigenvalue weighted by Gasteiger charge is 2.25. The summed E-state index contributed by atoms with van der Waals surface area (Å²) in [6, 6.07) is 3.66. The summed E-state index contributed by atoms with van der Waals surface area (Å²) in [7, 11) is 0. The summed E-state index contributed by atoms with van der Waals surface area (Å²) in [5.41, 5.74) is 0. The number of nitrogens with one attached hydrogen (secondary N) is 2. The van der Waals surface area contributed by atoms with Crippen molar-refractivity contribution in [1.82, 2.24) is 10.6 Å². The van der Waals surface area contributed by atoms with Crippen molar-refractivity contribution in [2.75, 3.05) is 0 Å². The molecule has 2 N–H and O–H groups in total. The highest BCUT2D eigenvalue weighted by molar-refractivity contribution is 6.28. The Kier molecular flexibility index (Phi) is 3.51. The molecule has 1 fully saturated rings. The van der Waals surface area contributed by atoms with Crippen LogP contribution in [0.2, 0.25) is 5.22 Å². The zero-order valence-electron chi connectivity index (χ0n) is 9.13. The van der Waals surface area contributed by atoms with Crippen molar-refractivity contribution in [3.05, 3.63) is 23.1 Å². The molecule has 1 heterocycles. The molecule has 0 radical (unpaired) electrons. The van der Waals surface area contributed by atoms with Crippen LogP contribution in [0.5, 0.6) is 0 Å². The second-order valence-electron chi connectivity index (χ2n) is 4.09. The lowest BCUT2D eigenvalue weighted by atomic mass is 10.3. The number of furan rings is 1. The Balaban J connectivity index is 1.73. The summed E-state index contributed by atoms with van der Waals surface area (Å²) in [6.07, 6.45) is 2.21. The van der Waals surface area contributed by atoms with Gasteiger partial charge in [-0.05, 0) is 43.5 Å². The first kappa shape index (κ1) is 11.5. The van der Waals surface area contributed by atoms with Crippen LogP contribution in [0.3, 0.4) is 0 Å². The van der Waals surface area contributed by atoms with Gasteiger partial charge in [0.15, 0.2) is 5.22 Å². The predicted molar refractivity (Wildman–Crippen MR) is 61.2 cm³/mol. The zero-order chi connectivity index (χ0) is 11.5. The van der Waals surface area contributed by atoms with Gasteiger partial charge in [0.25, 0.3) is 0 Å². The van der Waals surface area contributed by atoms with Crippen molar-refractivity contribution in [1.29, 1.82) is 0 Å². The fraction of sp³-hybridized carbons (Fsp3) is 0.545. The van der Waals surface area contributed by atoms with E-state index in [-0.39, 0.29) is 11.9 Å². The van der Waals surface area contributed by atoms with E-state index in [0.717, 1.165) is 18.6 Å². The van der Waals surface area contributed by atoms with Crippen molar-refractivity contribution >= 4 is 17.5 Å². The first-order valence-corrected chi connectivity index (χ1v) is 5.81. The first-order valence-electron chi connectivity index (χ1n) is 5.43. The highest BCUT2D eigenvalue weighted by Crippen LogP contribution is 2.18. The molecule has 1 unspecified atom stereocenters. The van der Waals surface area contributed by atoms with Crippen LogP contribution < -0.4 is 10.6 Å². The molecule has 5 heteroatoms. The van der Waals surface area contributed by atoms with E-state index in [0.29, 0.717) is 17.8 Å². The maximum atomic E-state index is 11.6. The number of carbonyl (C=O) groups excluding carboxylic acids is 1. The second-order valence-corrected chi connectivity index (χ2v) is 4.46. The van der Waals surface area contributed by atoms with Crippen molar-refractivity contribution in [2.45, 2.75) is 38.4 Å². The molecule has 0 saturated heterocycles. The maximum absolute atomic E-state index is 11.6. The summed E-state index contributed by atoms with van der Waals surface area (Å²) in [5.74, 6) is 0.774. The monoisotopic (exact) mass is 242 g/mol. The third-order valence-corrected chi connectivity index (χ3v) is 2.73. The molecule has 4 nitrogen and oxygen atoms in total. The van der Waals surface area contributed by atoms with Crippen molar-refractivity contribution in [2.24, 2.45) is 0 Å². The predicted octanol–water partition coefficient (Wildman–Crippen LogP) is 1.69. The quantitative estimate of drug-likeness (QED) is 0.826. The first-order chi connectivity index (χ1) is 7.65. The van der Waals surface area contributed by atoms with E-state index in [9.17, 15) is 4.79 Å². The molecule has 1 aromatic heterocycles. The Morgan fingerprint density at radius 3 is 2.94 bits per heavy atom. The lowest BCUT2D eigenvalue weighted by Crippen LogP contribution is -2.42. The minimum absolute atomic E-state index is 0.0418. The van der Waals surface area contributed by atoms with E-state index >= 15 is 0 Å². The largest absolute Gasteiger partial charge is 0.448 e. The molecule has 1 aromatic rings. The number of carbonyl (C=O) groups is 1. The van der Waals surface area contributed by atoms with Crippen LogP contribution in [0.15, 0.2) is 16.5 Å². The summed E-state index contributed by atoms with van der Waals surface area (Å²) in [6.45, 7) is 2.34. The Morgan fingerprint density at radius 2 is 2.38 bits per heavy atom. The average molecular weight is 243 g/mol. The van der Waals surface area contributed by atoms with Crippen molar-refractivity contribution in [3.63, 3.8) is 0 Å². The van der Waals surface area contributed by atoms with Gasteiger partial charge in [-0.1, -0.05) is 0 Å². The Hall–Kier alpha value is -1.00. The number of hydrogen-bond donors (Lipinski definition) is 2. The Bertz CT molecular complexity index is 374. The Morgan fingerprint density at radius 1 is 1.62 bits per heavy atom. The van der Waals surface area contributed by atoms with Crippen LogP contribution in [0.25, 0.3) is 0 Å². The zero-order valence-corrected chi connectivity index (χ0v) is 9.88. The molecule has 1 amide bonds. The van der Waals surface area contributed by atoms with Crippen molar-refractivity contribution in [3.8, 4) is 0 Å². The van der Waals surface area contributed by atoms with Gasteiger partial charge >= 0.3 is 0 Å². The number of rotatable bonds is 5. The molecule has 1 aliphatic carbocycles. The molecule has 1 aliphatic rings. The average Bonchev–Trinajstić information content (AvgIpc) is 2.96. The SMILES string of the molecule is CC(NCc1ccc(Cl)o1)C(=O)NC1CC1. The maximum Gasteiger partial charge on any atom is 0.237 e. The van der Waals surface area contributed by atoms with Gasteiger partial charge in [0.05, 0.1) is 12.6 Å². The molecular weight excluding hydrogens is 228 g/mol. The van der Waals surface area contributed by atoms with Crippen molar-refractivity contribution < 1.29 is 9.21 Å². The van der Waals surface area contributed by atoms with Gasteiger partial charge in [-0.3, -0.25) is 10.1 Å². The topological polar surface area (TPSA) is 54.3 Å². The number of amides is 1. The molecule has 0 aromatic carbocycles. The van der Waals surface area contributed by atoms with Crippen LogP contribution in [-0.4, -0.2) is 18.0 Å². The fourth-order valence-electron chi connectivity index (χ4n) is 1.35. The highest BCUT2D eigenvalue weighted by atomic mass is 35.5. The summed E-state index contributed by atoms with van der Waals surface area (Å²) >= 11 is 5.64. The summed E-state index contributed by atoms with van der Waals surface area (Å²) in [4.78, 5) is 11.6. The molecule has 1 atom stereocenters. The lowest BCUT2D eigenvalue weighted by molar-refractivity contribution is -0.122. The fourth-order valence-corrected chi connectivity index (χ4v) is 1.51. The van der Waals surface area contributed by atoms with Gasteiger partial charge < -0.3 is 9.73 Å². The van der Waals surface area contributed by atoms with E-state index in [2.05, 4.69) is 10.6 Å². The van der Waals surface area contributed by atoms with E-state index in [4.69, 9.17) is 16.0 Å². The number of hydrogen-bond acceptors (Lipinski definition) is 3. The molecule has 0 spiro atoms.